The molecule has 4 heterocycles. The number of hydrogen-bond donors (Lipinski definition) is 5. The SMILES string of the molecule is COC(=O)[C@H](Cc1cnc[nH]1)NC(=O)c1cc2ccc(-c3nccc(Nc4ccc5[nH]ncc5c4)n3)cc2[nH]1. The van der Waals surface area contributed by atoms with Gasteiger partial charge in [0.2, 0.25) is 0 Å². The van der Waals surface area contributed by atoms with E-state index in [1.807, 2.05) is 36.4 Å². The van der Waals surface area contributed by atoms with Crippen LogP contribution < -0.4 is 10.6 Å². The Kier molecular flexibility index (Phi) is 6.17. The van der Waals surface area contributed by atoms with E-state index in [1.165, 1.54) is 13.4 Å². The fourth-order valence-corrected chi connectivity index (χ4v) is 4.31. The van der Waals surface area contributed by atoms with Crippen molar-refractivity contribution in [2.24, 2.45) is 0 Å². The molecule has 6 aromatic rings. The van der Waals surface area contributed by atoms with Gasteiger partial charge >= 0.3 is 5.97 Å². The van der Waals surface area contributed by atoms with Crippen LogP contribution in [-0.2, 0) is 16.0 Å². The smallest absolute Gasteiger partial charge is 0.328 e. The molecule has 5 N–H and O–H groups in total. The number of rotatable bonds is 8. The minimum Gasteiger partial charge on any atom is -0.467 e. The average Bonchev–Trinajstić information content (AvgIpc) is 3.72. The molecular weight excluding hydrogens is 498 g/mol. The van der Waals surface area contributed by atoms with Gasteiger partial charge in [0, 0.05) is 52.0 Å². The number of nitrogens with zero attached hydrogens (tertiary/aromatic N) is 4. The van der Waals surface area contributed by atoms with Crippen LogP contribution in [0.4, 0.5) is 11.5 Å². The van der Waals surface area contributed by atoms with Crippen LogP contribution in [0.25, 0.3) is 33.2 Å². The van der Waals surface area contributed by atoms with Crippen molar-refractivity contribution in [1.29, 1.82) is 0 Å². The number of benzene rings is 2. The van der Waals surface area contributed by atoms with E-state index in [9.17, 15) is 9.59 Å². The van der Waals surface area contributed by atoms with Crippen molar-refractivity contribution in [1.82, 2.24) is 40.4 Å². The highest BCUT2D eigenvalue weighted by Gasteiger charge is 2.24. The molecule has 0 aliphatic heterocycles. The first kappa shape index (κ1) is 23.9. The van der Waals surface area contributed by atoms with E-state index >= 15 is 0 Å². The summed E-state index contributed by atoms with van der Waals surface area (Å²) in [6, 6.07) is 14.2. The maximum atomic E-state index is 13.0. The fourth-order valence-electron chi connectivity index (χ4n) is 4.31. The van der Waals surface area contributed by atoms with Crippen LogP contribution in [0.15, 0.2) is 73.4 Å². The lowest BCUT2D eigenvalue weighted by Crippen LogP contribution is -2.43. The molecule has 194 valence electrons. The largest absolute Gasteiger partial charge is 0.467 e. The highest BCUT2D eigenvalue weighted by Crippen LogP contribution is 2.25. The monoisotopic (exact) mass is 521 g/mol. The Morgan fingerprint density at radius 1 is 1.03 bits per heavy atom. The molecule has 0 spiro atoms. The first-order valence-electron chi connectivity index (χ1n) is 12.1. The molecule has 0 fully saturated rings. The second-order valence-electron chi connectivity index (χ2n) is 8.88. The number of carbonyl (C=O) groups is 2. The molecule has 12 nitrogen and oxygen atoms in total. The Labute approximate surface area is 221 Å². The number of fused-ring (bicyclic) bond motifs is 2. The molecule has 0 radical (unpaired) electrons. The van der Waals surface area contributed by atoms with E-state index in [0.29, 0.717) is 23.0 Å². The number of amides is 1. The lowest BCUT2D eigenvalue weighted by atomic mass is 10.1. The maximum absolute atomic E-state index is 13.0. The van der Waals surface area contributed by atoms with Crippen LogP contribution in [0, 0.1) is 0 Å². The van der Waals surface area contributed by atoms with Gasteiger partial charge in [0.25, 0.3) is 5.91 Å². The van der Waals surface area contributed by atoms with E-state index in [0.717, 1.165) is 33.1 Å². The number of H-pyrrole nitrogens is 3. The predicted molar refractivity (Wildman–Crippen MR) is 144 cm³/mol. The van der Waals surface area contributed by atoms with Crippen LogP contribution in [0.3, 0.4) is 0 Å². The van der Waals surface area contributed by atoms with E-state index in [2.05, 4.69) is 45.8 Å². The summed E-state index contributed by atoms with van der Waals surface area (Å²) in [5.41, 5.74) is 4.35. The molecule has 4 aromatic heterocycles. The Bertz CT molecular complexity index is 1790. The number of imidazole rings is 1. The Hall–Kier alpha value is -5.52. The first-order valence-corrected chi connectivity index (χ1v) is 12.1. The molecule has 6 rings (SSSR count). The number of esters is 1. The number of anilines is 2. The van der Waals surface area contributed by atoms with Crippen LogP contribution >= 0.6 is 0 Å². The van der Waals surface area contributed by atoms with Crippen LogP contribution in [0.1, 0.15) is 16.2 Å². The molecule has 12 heteroatoms. The lowest BCUT2D eigenvalue weighted by molar-refractivity contribution is -0.142. The van der Waals surface area contributed by atoms with Gasteiger partial charge in [0.05, 0.1) is 25.2 Å². The third-order valence-corrected chi connectivity index (χ3v) is 6.26. The molecule has 0 aliphatic rings. The van der Waals surface area contributed by atoms with Crippen molar-refractivity contribution >= 4 is 45.2 Å². The zero-order valence-corrected chi connectivity index (χ0v) is 20.7. The molecule has 0 aliphatic carbocycles. The van der Waals surface area contributed by atoms with Gasteiger partial charge in [-0.3, -0.25) is 9.89 Å². The normalized spacial score (nSPS) is 11.9. The second-order valence-corrected chi connectivity index (χ2v) is 8.88. The predicted octanol–water partition coefficient (Wildman–Crippen LogP) is 3.48. The summed E-state index contributed by atoms with van der Waals surface area (Å²) in [5.74, 6) is 0.184. The van der Waals surface area contributed by atoms with E-state index in [-0.39, 0.29) is 6.42 Å². The number of ether oxygens (including phenoxy) is 1. The van der Waals surface area contributed by atoms with Crippen LogP contribution in [0.2, 0.25) is 0 Å². The number of nitrogens with one attached hydrogen (secondary N) is 5. The van der Waals surface area contributed by atoms with E-state index in [4.69, 9.17) is 4.74 Å². The maximum Gasteiger partial charge on any atom is 0.328 e. The molecule has 1 atom stereocenters. The fraction of sp³-hybridized carbons (Fsp3) is 0.111. The first-order chi connectivity index (χ1) is 19.1. The van der Waals surface area contributed by atoms with Gasteiger partial charge in [-0.15, -0.1) is 0 Å². The number of methoxy groups -OCH3 is 1. The van der Waals surface area contributed by atoms with Crippen LogP contribution in [-0.4, -0.2) is 60.1 Å². The van der Waals surface area contributed by atoms with Crippen molar-refractivity contribution in [2.45, 2.75) is 12.5 Å². The number of carbonyl (C=O) groups excluding carboxylic acids is 2. The third kappa shape index (κ3) is 5.03. The van der Waals surface area contributed by atoms with Gasteiger partial charge in [0.1, 0.15) is 17.6 Å². The van der Waals surface area contributed by atoms with Crippen molar-refractivity contribution in [3.05, 3.63) is 84.8 Å². The van der Waals surface area contributed by atoms with Gasteiger partial charge in [0.15, 0.2) is 5.82 Å². The molecule has 2 aromatic carbocycles. The molecule has 39 heavy (non-hydrogen) atoms. The van der Waals surface area contributed by atoms with E-state index < -0.39 is 17.9 Å². The van der Waals surface area contributed by atoms with Gasteiger partial charge in [-0.2, -0.15) is 5.10 Å². The zero-order valence-electron chi connectivity index (χ0n) is 20.7. The number of aromatic nitrogens is 7. The van der Waals surface area contributed by atoms with Crippen molar-refractivity contribution in [3.8, 4) is 11.4 Å². The second kappa shape index (κ2) is 10.1. The summed E-state index contributed by atoms with van der Waals surface area (Å²) >= 11 is 0. The van der Waals surface area contributed by atoms with Gasteiger partial charge < -0.3 is 25.3 Å². The van der Waals surface area contributed by atoms with Crippen molar-refractivity contribution in [2.75, 3.05) is 12.4 Å². The molecule has 0 bridgehead atoms. The Morgan fingerprint density at radius 2 is 1.95 bits per heavy atom. The number of aromatic amines is 3. The Balaban J connectivity index is 1.21. The van der Waals surface area contributed by atoms with Crippen LogP contribution in [0.5, 0.6) is 0 Å². The zero-order chi connectivity index (χ0) is 26.8. The quantitative estimate of drug-likeness (QED) is 0.190. The summed E-state index contributed by atoms with van der Waals surface area (Å²) in [4.78, 5) is 44.4. The standard InChI is InChI=1S/C27H23N9O3/c1-39-27(38)23(11-19-13-28-14-30-19)34-26(37)22-9-15-2-3-16(10-21(15)33-22)25-29-7-6-24(35-25)32-18-4-5-20-17(8-18)12-31-36-20/h2-10,12-14,23,33H,11H2,1H3,(H,28,30)(H,31,36)(H,34,37)(H,29,32,35)/t23-/m0/s1. The summed E-state index contributed by atoms with van der Waals surface area (Å²) in [5, 5.41) is 14.8. The summed E-state index contributed by atoms with van der Waals surface area (Å²) in [6.07, 6.45) is 6.78. The lowest BCUT2D eigenvalue weighted by Gasteiger charge is -2.15. The average molecular weight is 522 g/mol. The molecular formula is C27H23N9O3. The summed E-state index contributed by atoms with van der Waals surface area (Å²) in [6.45, 7) is 0. The summed E-state index contributed by atoms with van der Waals surface area (Å²) in [7, 11) is 1.28. The Morgan fingerprint density at radius 3 is 2.79 bits per heavy atom. The molecule has 1 amide bonds. The van der Waals surface area contributed by atoms with Crippen molar-refractivity contribution in [3.63, 3.8) is 0 Å². The number of hydrogen-bond acceptors (Lipinski definition) is 8. The topological polar surface area (TPSA) is 166 Å². The van der Waals surface area contributed by atoms with E-state index in [1.54, 1.807) is 30.7 Å². The highest BCUT2D eigenvalue weighted by molar-refractivity contribution is 6.00. The molecule has 0 saturated heterocycles. The van der Waals surface area contributed by atoms with Gasteiger partial charge in [-0.25, -0.2) is 19.7 Å². The third-order valence-electron chi connectivity index (χ3n) is 6.26. The molecule has 0 saturated carbocycles. The van der Waals surface area contributed by atoms with Gasteiger partial charge in [-0.05, 0) is 36.4 Å². The summed E-state index contributed by atoms with van der Waals surface area (Å²) < 4.78 is 4.86. The minimum atomic E-state index is -0.872. The minimum absolute atomic E-state index is 0.223. The molecule has 0 unspecified atom stereocenters. The highest BCUT2D eigenvalue weighted by atomic mass is 16.5. The van der Waals surface area contributed by atoms with Crippen molar-refractivity contribution < 1.29 is 14.3 Å². The van der Waals surface area contributed by atoms with Gasteiger partial charge in [-0.1, -0.05) is 12.1 Å².